The first-order valence-corrected chi connectivity index (χ1v) is 24.4. The number of carbonyl (C=O) groups excluding carboxylic acids is 1. The summed E-state index contributed by atoms with van der Waals surface area (Å²) in [5.41, 5.74) is 15.5. The molecule has 0 aliphatic carbocycles. The van der Waals surface area contributed by atoms with Crippen molar-refractivity contribution >= 4 is 51.9 Å². The molecule has 6 heteroatoms. The summed E-state index contributed by atoms with van der Waals surface area (Å²) in [6.07, 6.45) is 23.2. The monoisotopic (exact) mass is 867 g/mol. The minimum Gasteiger partial charge on any atom is -0.354 e. The number of aromatic amines is 2. The Morgan fingerprint density at radius 2 is 0.788 bits per heavy atom. The number of hydrogen-bond donors (Lipinski definition) is 3. The molecule has 0 unspecified atom stereocenters. The fraction of sp³-hybridized carbons (Fsp3) is 0.250. The number of H-pyrrole nitrogens is 2. The summed E-state index contributed by atoms with van der Waals surface area (Å²) in [5.74, 6) is 0.00632. The average molecular weight is 868 g/mol. The Bertz CT molecular complexity index is 2960. The molecule has 9 rings (SSSR count). The highest BCUT2D eigenvalue weighted by atomic mass is 16.1. The molecule has 4 aromatic carbocycles. The Balaban J connectivity index is 1.16. The molecule has 0 fully saturated rings. The van der Waals surface area contributed by atoms with E-state index in [4.69, 9.17) is 9.97 Å². The van der Waals surface area contributed by atoms with Crippen molar-refractivity contribution in [1.29, 1.82) is 0 Å². The first-order valence-electron chi connectivity index (χ1n) is 24.4. The molecular formula is C60H61N5O. The second-order valence-electron chi connectivity index (χ2n) is 17.7. The summed E-state index contributed by atoms with van der Waals surface area (Å²) in [6, 6.07) is 50.3. The molecule has 8 bridgehead atoms. The topological polar surface area (TPSA) is 86.5 Å². The van der Waals surface area contributed by atoms with Gasteiger partial charge in [0.05, 0.1) is 28.5 Å². The maximum atomic E-state index is 14.1. The predicted molar refractivity (Wildman–Crippen MR) is 278 cm³/mol. The fourth-order valence-corrected chi connectivity index (χ4v) is 9.53. The molecule has 0 saturated carbocycles. The van der Waals surface area contributed by atoms with Crippen LogP contribution in [0.5, 0.6) is 0 Å². The lowest BCUT2D eigenvalue weighted by Gasteiger charge is -2.11. The minimum absolute atomic E-state index is 0.00632. The number of nitrogens with zero attached hydrogens (tertiary/aromatic N) is 2. The van der Waals surface area contributed by atoms with E-state index < -0.39 is 0 Å². The van der Waals surface area contributed by atoms with E-state index in [9.17, 15) is 4.79 Å². The first-order chi connectivity index (χ1) is 32.6. The molecule has 3 N–H and O–H groups in total. The normalized spacial score (nSPS) is 12.0. The van der Waals surface area contributed by atoms with Gasteiger partial charge in [0.15, 0.2) is 0 Å². The third-order valence-corrected chi connectivity index (χ3v) is 12.9. The van der Waals surface area contributed by atoms with Crippen LogP contribution in [0.3, 0.4) is 0 Å². The van der Waals surface area contributed by atoms with Gasteiger partial charge in [-0.25, -0.2) is 9.97 Å². The van der Waals surface area contributed by atoms with Crippen LogP contribution in [0.4, 0.5) is 0 Å². The SMILES string of the molecule is CCCCCCCCCCCCCCCC(=O)NC1=Cc2nc1c(-c1ccccc1)c1ccc([nH]1)c(-c1ccccc1)c1nc(c(-c3ccccc3)c3ccc([nH]3)c2-c2ccccc2)C=C1. The quantitative estimate of drug-likeness (QED) is 0.0708. The number of benzene rings is 4. The lowest BCUT2D eigenvalue weighted by molar-refractivity contribution is -0.120. The van der Waals surface area contributed by atoms with Crippen LogP contribution in [0.2, 0.25) is 0 Å². The maximum Gasteiger partial charge on any atom is 0.224 e. The average Bonchev–Trinajstić information content (AvgIpc) is 4.20. The number of nitrogens with one attached hydrogen (secondary N) is 3. The Kier molecular flexibility index (Phi) is 14.6. The molecule has 66 heavy (non-hydrogen) atoms. The lowest BCUT2D eigenvalue weighted by Crippen LogP contribution is -2.21. The number of unbranched alkanes of at least 4 members (excludes halogenated alkanes) is 12. The molecule has 1 amide bonds. The van der Waals surface area contributed by atoms with E-state index in [2.05, 4.69) is 162 Å². The second-order valence-corrected chi connectivity index (χ2v) is 17.7. The van der Waals surface area contributed by atoms with Crippen molar-refractivity contribution in [2.75, 3.05) is 0 Å². The van der Waals surface area contributed by atoms with E-state index in [1.807, 2.05) is 24.3 Å². The van der Waals surface area contributed by atoms with Gasteiger partial charge in [-0.15, -0.1) is 0 Å². The van der Waals surface area contributed by atoms with Crippen LogP contribution in [0, 0.1) is 0 Å². The zero-order valence-corrected chi connectivity index (χ0v) is 38.3. The standard InChI is InChI=1S/C60H61N5O/c1-2-3-4-5-6-7-8-9-10-11-12-13-26-35-55(66)64-54-42-53-58(45-31-22-16-23-32-45)51-39-38-49(62-51)56(43-27-18-14-19-28-43)47-36-37-48(61-47)57(44-29-20-15-21-30-44)50-40-41-52(63-50)59(60(54)65-53)46-33-24-17-25-34-46/h14-25,27-34,36-42,62-63H,2-13,26,35H2,1H3,(H,64,66). The van der Waals surface area contributed by atoms with Gasteiger partial charge in [-0.05, 0) is 71.2 Å². The molecule has 332 valence electrons. The van der Waals surface area contributed by atoms with E-state index >= 15 is 0 Å². The molecular weight excluding hydrogens is 807 g/mol. The summed E-state index contributed by atoms with van der Waals surface area (Å²) < 4.78 is 0. The minimum atomic E-state index is 0.00632. The van der Waals surface area contributed by atoms with Crippen LogP contribution < -0.4 is 5.32 Å². The van der Waals surface area contributed by atoms with Gasteiger partial charge in [0.2, 0.25) is 5.91 Å². The summed E-state index contributed by atoms with van der Waals surface area (Å²) in [7, 11) is 0. The molecule has 6 nitrogen and oxygen atoms in total. The summed E-state index contributed by atoms with van der Waals surface area (Å²) in [6.45, 7) is 2.28. The number of rotatable bonds is 19. The number of amides is 1. The highest BCUT2D eigenvalue weighted by molar-refractivity contribution is 6.04. The maximum absolute atomic E-state index is 14.1. The number of aromatic nitrogens is 4. The zero-order chi connectivity index (χ0) is 44.9. The van der Waals surface area contributed by atoms with Crippen LogP contribution in [0.25, 0.3) is 90.5 Å². The van der Waals surface area contributed by atoms with Gasteiger partial charge >= 0.3 is 0 Å². The third-order valence-electron chi connectivity index (χ3n) is 12.9. The third kappa shape index (κ3) is 10.4. The van der Waals surface area contributed by atoms with E-state index in [0.29, 0.717) is 17.8 Å². The van der Waals surface area contributed by atoms with Gasteiger partial charge in [0.25, 0.3) is 0 Å². The lowest BCUT2D eigenvalue weighted by atomic mass is 10.0. The zero-order valence-electron chi connectivity index (χ0n) is 38.3. The van der Waals surface area contributed by atoms with Crippen molar-refractivity contribution in [2.45, 2.75) is 96.8 Å². The number of fused-ring (bicyclic) bond motifs is 8. The van der Waals surface area contributed by atoms with Crippen molar-refractivity contribution in [1.82, 2.24) is 25.3 Å². The molecule has 2 aliphatic heterocycles. The van der Waals surface area contributed by atoms with E-state index in [1.54, 1.807) is 0 Å². The Hall–Kier alpha value is -7.05. The van der Waals surface area contributed by atoms with Crippen molar-refractivity contribution in [3.63, 3.8) is 0 Å². The molecule has 3 aromatic heterocycles. The Morgan fingerprint density at radius 3 is 1.21 bits per heavy atom. The molecule has 0 saturated heterocycles. The highest BCUT2D eigenvalue weighted by Crippen LogP contribution is 2.40. The van der Waals surface area contributed by atoms with Crippen LogP contribution in [0.1, 0.15) is 120 Å². The second kappa shape index (κ2) is 21.8. The molecule has 0 atom stereocenters. The molecule has 0 spiro atoms. The largest absolute Gasteiger partial charge is 0.354 e. The fourth-order valence-electron chi connectivity index (χ4n) is 9.53. The van der Waals surface area contributed by atoms with E-state index in [1.165, 1.54) is 70.6 Å². The van der Waals surface area contributed by atoms with Gasteiger partial charge in [-0.3, -0.25) is 4.79 Å². The van der Waals surface area contributed by atoms with Gasteiger partial charge in [-0.2, -0.15) is 0 Å². The summed E-state index contributed by atoms with van der Waals surface area (Å²) in [5, 5.41) is 3.40. The Labute approximate surface area is 390 Å². The number of carbonyl (C=O) groups is 1. The smallest absolute Gasteiger partial charge is 0.224 e. The van der Waals surface area contributed by atoms with E-state index in [-0.39, 0.29) is 5.91 Å². The molecule has 7 aromatic rings. The van der Waals surface area contributed by atoms with Crippen LogP contribution in [0.15, 0.2) is 146 Å². The Morgan fingerprint density at radius 1 is 0.424 bits per heavy atom. The van der Waals surface area contributed by atoms with Crippen molar-refractivity contribution in [3.8, 4) is 44.5 Å². The molecule has 2 aliphatic rings. The summed E-state index contributed by atoms with van der Waals surface area (Å²) >= 11 is 0. The van der Waals surface area contributed by atoms with Gasteiger partial charge in [0, 0.05) is 50.7 Å². The van der Waals surface area contributed by atoms with Crippen molar-refractivity contribution < 1.29 is 4.79 Å². The van der Waals surface area contributed by atoms with Crippen molar-refractivity contribution in [3.05, 3.63) is 168 Å². The molecule has 0 radical (unpaired) electrons. The van der Waals surface area contributed by atoms with Crippen molar-refractivity contribution in [2.24, 2.45) is 0 Å². The van der Waals surface area contributed by atoms with Crippen LogP contribution in [-0.4, -0.2) is 25.8 Å². The van der Waals surface area contributed by atoms with Crippen LogP contribution in [-0.2, 0) is 4.79 Å². The predicted octanol–water partition coefficient (Wildman–Crippen LogP) is 16.2. The molecule has 5 heterocycles. The van der Waals surface area contributed by atoms with Gasteiger partial charge < -0.3 is 15.3 Å². The van der Waals surface area contributed by atoms with Gasteiger partial charge in [-0.1, -0.05) is 205 Å². The highest BCUT2D eigenvalue weighted by Gasteiger charge is 2.23. The van der Waals surface area contributed by atoms with Crippen LogP contribution >= 0.6 is 0 Å². The first kappa shape index (κ1) is 44.2. The number of hydrogen-bond acceptors (Lipinski definition) is 3. The van der Waals surface area contributed by atoms with Gasteiger partial charge in [0.1, 0.15) is 0 Å². The van der Waals surface area contributed by atoms with E-state index in [0.717, 1.165) is 96.5 Å². The summed E-state index contributed by atoms with van der Waals surface area (Å²) in [4.78, 5) is 32.7.